The molecule has 6 nitrogen and oxygen atoms in total. The Morgan fingerprint density at radius 1 is 1.00 bits per heavy atom. The second-order valence-corrected chi connectivity index (χ2v) is 8.16. The molecule has 96 valence electrons. The lowest BCUT2D eigenvalue weighted by atomic mass is 10.5. The third-order valence-corrected chi connectivity index (χ3v) is 5.50. The van der Waals surface area contributed by atoms with Crippen LogP contribution in [0.25, 0.3) is 0 Å². The molecule has 0 aromatic carbocycles. The average molecular weight is 272 g/mol. The summed E-state index contributed by atoms with van der Waals surface area (Å²) in [6.45, 7) is 1.49. The summed E-state index contributed by atoms with van der Waals surface area (Å²) in [5.74, 6) is -2.07. The summed E-state index contributed by atoms with van der Waals surface area (Å²) in [7, 11) is -6.61. The highest BCUT2D eigenvalue weighted by molar-refractivity contribution is 7.92. The van der Waals surface area contributed by atoms with E-state index in [1.54, 1.807) is 0 Å². The number of rotatable bonds is 8. The van der Waals surface area contributed by atoms with Crippen molar-refractivity contribution in [2.24, 2.45) is 0 Å². The van der Waals surface area contributed by atoms with Crippen LogP contribution in [0, 0.1) is 0 Å². The number of aliphatic carboxylic acids is 1. The van der Waals surface area contributed by atoms with Crippen LogP contribution in [0.4, 0.5) is 0 Å². The minimum Gasteiger partial charge on any atom is -0.481 e. The first-order chi connectivity index (χ1) is 7.18. The molecule has 0 atom stereocenters. The molecule has 0 aliphatic carbocycles. The highest BCUT2D eigenvalue weighted by atomic mass is 32.2. The number of carboxylic acids is 1. The molecular formula is C8H16O6S2. The molecule has 0 spiro atoms. The Labute approximate surface area is 95.5 Å². The van der Waals surface area contributed by atoms with Crippen LogP contribution in [0.5, 0.6) is 0 Å². The minimum absolute atomic E-state index is 0.0117. The van der Waals surface area contributed by atoms with Gasteiger partial charge in [0.1, 0.15) is 9.84 Å². The van der Waals surface area contributed by atoms with Crippen LogP contribution >= 0.6 is 0 Å². The van der Waals surface area contributed by atoms with Gasteiger partial charge in [-0.3, -0.25) is 4.79 Å². The van der Waals surface area contributed by atoms with Gasteiger partial charge in [0.2, 0.25) is 0 Å². The molecule has 0 amide bonds. The highest BCUT2D eigenvalue weighted by Gasteiger charge is 2.15. The quantitative estimate of drug-likeness (QED) is 0.650. The van der Waals surface area contributed by atoms with Crippen molar-refractivity contribution in [1.29, 1.82) is 0 Å². The predicted octanol–water partition coefficient (Wildman–Crippen LogP) is -0.299. The molecule has 0 saturated carbocycles. The number of sulfone groups is 2. The zero-order valence-corrected chi connectivity index (χ0v) is 10.7. The fourth-order valence-electron chi connectivity index (χ4n) is 0.988. The predicted molar refractivity (Wildman–Crippen MR) is 59.9 cm³/mol. The van der Waals surface area contributed by atoms with Crippen molar-refractivity contribution in [3.63, 3.8) is 0 Å². The monoisotopic (exact) mass is 272 g/mol. The molecule has 0 heterocycles. The summed E-state index contributed by atoms with van der Waals surface area (Å²) >= 11 is 0. The summed E-state index contributed by atoms with van der Waals surface area (Å²) < 4.78 is 44.6. The lowest BCUT2D eigenvalue weighted by Gasteiger charge is -2.02. The van der Waals surface area contributed by atoms with E-state index in [9.17, 15) is 21.6 Å². The molecule has 0 fully saturated rings. The second kappa shape index (κ2) is 6.19. The lowest BCUT2D eigenvalue weighted by molar-refractivity contribution is -0.136. The number of hydrogen-bond donors (Lipinski definition) is 1. The van der Waals surface area contributed by atoms with Crippen molar-refractivity contribution >= 4 is 25.6 Å². The molecule has 0 aliphatic rings. The zero-order chi connectivity index (χ0) is 12.8. The van der Waals surface area contributed by atoms with E-state index in [-0.39, 0.29) is 23.7 Å². The third-order valence-electron chi connectivity index (χ3n) is 1.98. The van der Waals surface area contributed by atoms with Crippen LogP contribution in [-0.4, -0.2) is 50.9 Å². The topological polar surface area (TPSA) is 106 Å². The van der Waals surface area contributed by atoms with Gasteiger partial charge in [-0.05, 0) is 6.42 Å². The van der Waals surface area contributed by atoms with Gasteiger partial charge in [-0.2, -0.15) is 0 Å². The van der Waals surface area contributed by atoms with Gasteiger partial charge in [-0.25, -0.2) is 16.8 Å². The van der Waals surface area contributed by atoms with Crippen molar-refractivity contribution in [2.75, 3.05) is 23.0 Å². The summed E-state index contributed by atoms with van der Waals surface area (Å²) in [6, 6.07) is 0. The maximum Gasteiger partial charge on any atom is 0.304 e. The summed E-state index contributed by atoms with van der Waals surface area (Å²) in [5, 5.41) is 8.31. The van der Waals surface area contributed by atoms with E-state index in [1.165, 1.54) is 6.92 Å². The minimum atomic E-state index is -3.45. The molecule has 16 heavy (non-hydrogen) atoms. The molecule has 1 N–H and O–H groups in total. The van der Waals surface area contributed by atoms with Gasteiger partial charge in [-0.1, -0.05) is 6.92 Å². The molecule has 0 aromatic rings. The van der Waals surface area contributed by atoms with E-state index < -0.39 is 37.8 Å². The van der Waals surface area contributed by atoms with Gasteiger partial charge in [0.25, 0.3) is 0 Å². The fourth-order valence-corrected chi connectivity index (χ4v) is 3.32. The lowest BCUT2D eigenvalue weighted by Crippen LogP contribution is -2.17. The summed E-state index contributed by atoms with van der Waals surface area (Å²) in [4.78, 5) is 10.2. The van der Waals surface area contributed by atoms with Gasteiger partial charge in [0.15, 0.2) is 9.84 Å². The Balaban J connectivity index is 4.06. The fraction of sp³-hybridized carbons (Fsp3) is 0.875. The van der Waals surface area contributed by atoms with Crippen molar-refractivity contribution in [3.8, 4) is 0 Å². The Morgan fingerprint density at radius 3 is 1.94 bits per heavy atom. The van der Waals surface area contributed by atoms with Crippen molar-refractivity contribution < 1.29 is 26.7 Å². The van der Waals surface area contributed by atoms with E-state index >= 15 is 0 Å². The molecule has 8 heteroatoms. The van der Waals surface area contributed by atoms with E-state index in [2.05, 4.69) is 0 Å². The molecular weight excluding hydrogens is 256 g/mol. The second-order valence-electron chi connectivity index (χ2n) is 3.39. The van der Waals surface area contributed by atoms with Crippen LogP contribution in [0.15, 0.2) is 0 Å². The molecule has 0 aromatic heterocycles. The van der Waals surface area contributed by atoms with E-state index in [0.717, 1.165) is 0 Å². The van der Waals surface area contributed by atoms with Crippen LogP contribution in [0.3, 0.4) is 0 Å². The normalized spacial score (nSPS) is 12.6. The molecule has 0 bridgehead atoms. The Hall–Kier alpha value is -0.630. The van der Waals surface area contributed by atoms with Gasteiger partial charge in [0, 0.05) is 5.75 Å². The molecule has 0 saturated heterocycles. The Morgan fingerprint density at radius 2 is 1.50 bits per heavy atom. The molecule has 0 unspecified atom stereocenters. The first kappa shape index (κ1) is 15.4. The van der Waals surface area contributed by atoms with Crippen molar-refractivity contribution in [2.45, 2.75) is 19.8 Å². The Kier molecular flexibility index (Phi) is 5.95. The van der Waals surface area contributed by atoms with Crippen molar-refractivity contribution in [3.05, 3.63) is 0 Å². The van der Waals surface area contributed by atoms with Gasteiger partial charge in [-0.15, -0.1) is 0 Å². The Bertz CT molecular complexity index is 419. The first-order valence-corrected chi connectivity index (χ1v) is 8.45. The largest absolute Gasteiger partial charge is 0.481 e. The smallest absolute Gasteiger partial charge is 0.304 e. The molecule has 0 aliphatic heterocycles. The standard InChI is InChI=1S/C8H16O6S2/c1-2-15(11,12)5-3-6-16(13,14)7-4-8(9)10/h2-7H2,1H3,(H,9,10). The van der Waals surface area contributed by atoms with E-state index in [4.69, 9.17) is 5.11 Å². The van der Waals surface area contributed by atoms with Crippen LogP contribution in [-0.2, 0) is 24.5 Å². The van der Waals surface area contributed by atoms with Crippen LogP contribution in [0.2, 0.25) is 0 Å². The maximum absolute atomic E-state index is 11.3. The van der Waals surface area contributed by atoms with Crippen molar-refractivity contribution in [1.82, 2.24) is 0 Å². The molecule has 0 radical (unpaired) electrons. The number of carboxylic acid groups (broad SMARTS) is 1. The first-order valence-electron chi connectivity index (χ1n) is 4.81. The third kappa shape index (κ3) is 7.63. The van der Waals surface area contributed by atoms with Gasteiger partial charge in [0.05, 0.1) is 23.7 Å². The van der Waals surface area contributed by atoms with Crippen LogP contribution < -0.4 is 0 Å². The summed E-state index contributed by atoms with van der Waals surface area (Å²) in [6.07, 6.45) is -0.416. The van der Waals surface area contributed by atoms with E-state index in [1.807, 2.05) is 0 Å². The number of carbonyl (C=O) groups is 1. The highest BCUT2D eigenvalue weighted by Crippen LogP contribution is 2.00. The average Bonchev–Trinajstić information content (AvgIpc) is 2.14. The van der Waals surface area contributed by atoms with Gasteiger partial charge < -0.3 is 5.11 Å². The zero-order valence-electron chi connectivity index (χ0n) is 9.05. The summed E-state index contributed by atoms with van der Waals surface area (Å²) in [5.41, 5.74) is 0. The van der Waals surface area contributed by atoms with Gasteiger partial charge >= 0.3 is 5.97 Å². The molecule has 0 rings (SSSR count). The number of hydrogen-bond acceptors (Lipinski definition) is 5. The SMILES string of the molecule is CCS(=O)(=O)CCCS(=O)(=O)CCC(=O)O. The van der Waals surface area contributed by atoms with Crippen LogP contribution in [0.1, 0.15) is 19.8 Å². The van der Waals surface area contributed by atoms with E-state index in [0.29, 0.717) is 0 Å². The maximum atomic E-state index is 11.3.